The van der Waals surface area contributed by atoms with Gasteiger partial charge in [0.25, 0.3) is 0 Å². The second kappa shape index (κ2) is 7.93. The number of hydrogen-bond acceptors (Lipinski definition) is 6. The van der Waals surface area contributed by atoms with Gasteiger partial charge in [-0.15, -0.1) is 0 Å². The minimum atomic E-state index is -5.04. The van der Waals surface area contributed by atoms with Gasteiger partial charge in [-0.1, -0.05) is 3.89 Å². The van der Waals surface area contributed by atoms with Crippen LogP contribution in [0, 0.1) is 5.41 Å². The number of halogens is 1. The molecule has 0 heterocycles. The maximum absolute atomic E-state index is 12.3. The zero-order valence-corrected chi connectivity index (χ0v) is 10.8. The van der Waals surface area contributed by atoms with Crippen LogP contribution in [-0.4, -0.2) is 53.2 Å². The number of hydrogen-bond donors (Lipinski definition) is 1. The minimum absolute atomic E-state index is 0.0233. The maximum Gasteiger partial charge on any atom is 0.437 e. The van der Waals surface area contributed by atoms with E-state index in [2.05, 4.69) is 4.18 Å². The van der Waals surface area contributed by atoms with Crippen molar-refractivity contribution in [1.82, 2.24) is 0 Å². The van der Waals surface area contributed by atoms with Gasteiger partial charge in [0, 0.05) is 13.2 Å². The molecule has 0 aliphatic heterocycles. The van der Waals surface area contributed by atoms with Gasteiger partial charge in [0.15, 0.2) is 0 Å². The quantitative estimate of drug-likeness (QED) is 0.576. The Morgan fingerprint density at radius 3 is 1.88 bits per heavy atom. The molecule has 0 aromatic rings. The van der Waals surface area contributed by atoms with Gasteiger partial charge in [-0.3, -0.25) is 0 Å². The van der Waals surface area contributed by atoms with Gasteiger partial charge in [0.2, 0.25) is 0 Å². The summed E-state index contributed by atoms with van der Waals surface area (Å²) < 4.78 is 47.2. The summed E-state index contributed by atoms with van der Waals surface area (Å²) in [4.78, 5) is 0. The van der Waals surface area contributed by atoms with E-state index in [1.165, 1.54) is 0 Å². The van der Waals surface area contributed by atoms with Gasteiger partial charge in [-0.25, -0.2) is 4.18 Å². The highest BCUT2D eigenvalue weighted by Gasteiger charge is 2.33. The van der Waals surface area contributed by atoms with E-state index in [-0.39, 0.29) is 13.2 Å². The van der Waals surface area contributed by atoms with Crippen LogP contribution in [0.25, 0.3) is 0 Å². The van der Waals surface area contributed by atoms with Crippen LogP contribution in [0.2, 0.25) is 0 Å². The summed E-state index contributed by atoms with van der Waals surface area (Å²) >= 11 is 0. The molecule has 0 aliphatic rings. The fraction of sp³-hybridized carbons (Fsp3) is 1.00. The van der Waals surface area contributed by atoms with E-state index >= 15 is 0 Å². The third-order valence-corrected chi connectivity index (χ3v) is 2.47. The topological polar surface area (TPSA) is 82.1 Å². The van der Waals surface area contributed by atoms with Crippen molar-refractivity contribution in [2.75, 3.05) is 39.6 Å². The third-order valence-electron chi connectivity index (χ3n) is 2.07. The van der Waals surface area contributed by atoms with Crippen LogP contribution in [-0.2, 0) is 24.2 Å². The third kappa shape index (κ3) is 7.61. The predicted octanol–water partition coefficient (Wildman–Crippen LogP) is 0.269. The second-order valence-corrected chi connectivity index (χ2v) is 4.61. The summed E-state index contributed by atoms with van der Waals surface area (Å²) in [5.41, 5.74) is -1.08. The number of ether oxygens (including phenoxy) is 2. The summed E-state index contributed by atoms with van der Waals surface area (Å²) in [6, 6.07) is 0. The van der Waals surface area contributed by atoms with Gasteiger partial charge in [-0.2, -0.15) is 8.42 Å². The normalized spacial score (nSPS) is 12.9. The first kappa shape index (κ1) is 16.7. The first-order valence-electron chi connectivity index (χ1n) is 5.24. The van der Waals surface area contributed by atoms with E-state index in [0.29, 0.717) is 13.2 Å². The van der Waals surface area contributed by atoms with Gasteiger partial charge < -0.3 is 14.6 Å². The lowest BCUT2D eigenvalue weighted by atomic mass is 9.92. The van der Waals surface area contributed by atoms with Crippen LogP contribution in [0.5, 0.6) is 0 Å². The Morgan fingerprint density at radius 2 is 1.59 bits per heavy atom. The van der Waals surface area contributed by atoms with Gasteiger partial charge in [-0.05, 0) is 13.8 Å². The fourth-order valence-electron chi connectivity index (χ4n) is 1.09. The van der Waals surface area contributed by atoms with Gasteiger partial charge in [0.05, 0.1) is 31.8 Å². The molecule has 8 heteroatoms. The molecule has 0 atom stereocenters. The lowest BCUT2D eigenvalue weighted by molar-refractivity contribution is -0.0676. The molecule has 0 saturated heterocycles. The number of rotatable bonds is 10. The van der Waals surface area contributed by atoms with Gasteiger partial charge >= 0.3 is 10.5 Å². The molecule has 0 aliphatic carbocycles. The second-order valence-electron chi connectivity index (χ2n) is 3.59. The monoisotopic (exact) mass is 274 g/mol. The van der Waals surface area contributed by atoms with E-state index in [0.717, 1.165) is 0 Å². The number of aliphatic hydroxyl groups is 1. The van der Waals surface area contributed by atoms with Crippen molar-refractivity contribution in [2.45, 2.75) is 13.8 Å². The molecule has 0 rings (SSSR count). The Kier molecular flexibility index (Phi) is 7.80. The molecule has 0 saturated carbocycles. The van der Waals surface area contributed by atoms with Crippen molar-refractivity contribution in [3.63, 3.8) is 0 Å². The lowest BCUT2D eigenvalue weighted by Crippen LogP contribution is -2.41. The molecule has 0 fully saturated rings. The van der Waals surface area contributed by atoms with Crippen LogP contribution >= 0.6 is 0 Å². The van der Waals surface area contributed by atoms with E-state index in [9.17, 15) is 17.4 Å². The molecular weight excluding hydrogens is 255 g/mol. The fourth-order valence-corrected chi connectivity index (χ4v) is 1.49. The number of aliphatic hydroxyl groups excluding tert-OH is 1. The molecule has 6 nitrogen and oxygen atoms in total. The van der Waals surface area contributed by atoms with E-state index in [4.69, 9.17) is 9.47 Å². The van der Waals surface area contributed by atoms with Crippen LogP contribution in [0.1, 0.15) is 13.8 Å². The van der Waals surface area contributed by atoms with Gasteiger partial charge in [0.1, 0.15) is 0 Å². The molecule has 0 amide bonds. The lowest BCUT2D eigenvalue weighted by Gasteiger charge is -2.29. The Balaban J connectivity index is 4.53. The summed E-state index contributed by atoms with van der Waals surface area (Å²) in [5.74, 6) is 0. The molecule has 0 aromatic carbocycles. The van der Waals surface area contributed by atoms with Crippen molar-refractivity contribution in [1.29, 1.82) is 0 Å². The molecular formula is C9H19FO6S. The Labute approximate surface area is 101 Å². The van der Waals surface area contributed by atoms with Crippen molar-refractivity contribution in [3.8, 4) is 0 Å². The Bertz CT molecular complexity index is 284. The summed E-state index contributed by atoms with van der Waals surface area (Å²) in [5, 5.41) is 9.27. The highest BCUT2D eigenvalue weighted by molar-refractivity contribution is 7.81. The average Bonchev–Trinajstić information content (AvgIpc) is 2.28. The molecule has 0 unspecified atom stereocenters. The van der Waals surface area contributed by atoms with Crippen molar-refractivity contribution >= 4 is 10.5 Å². The Morgan fingerprint density at radius 1 is 1.12 bits per heavy atom. The van der Waals surface area contributed by atoms with Crippen LogP contribution in [0.15, 0.2) is 0 Å². The SMILES string of the molecule is CCOCC(CO)(COCC)COS(=O)(=O)F. The summed E-state index contributed by atoms with van der Waals surface area (Å²) in [6.07, 6.45) is 0. The maximum atomic E-state index is 12.3. The standard InChI is InChI=1S/C9H19FO6S/c1-3-14-6-9(5-11,7-15-4-2)8-16-17(10,12)13/h11H,3-8H2,1-2H3. The first-order valence-corrected chi connectivity index (χ1v) is 6.55. The smallest absolute Gasteiger partial charge is 0.396 e. The van der Waals surface area contributed by atoms with Crippen LogP contribution < -0.4 is 0 Å². The molecule has 17 heavy (non-hydrogen) atoms. The molecule has 0 spiro atoms. The first-order chi connectivity index (χ1) is 7.89. The zero-order valence-electron chi connectivity index (χ0n) is 10.0. The highest BCUT2D eigenvalue weighted by atomic mass is 32.3. The molecule has 0 bridgehead atoms. The molecule has 1 N–H and O–H groups in total. The van der Waals surface area contributed by atoms with Crippen LogP contribution in [0.4, 0.5) is 3.89 Å². The van der Waals surface area contributed by atoms with E-state index < -0.39 is 29.1 Å². The minimum Gasteiger partial charge on any atom is -0.396 e. The van der Waals surface area contributed by atoms with Crippen molar-refractivity contribution in [2.24, 2.45) is 5.41 Å². The molecule has 0 aromatic heterocycles. The zero-order chi connectivity index (χ0) is 13.4. The van der Waals surface area contributed by atoms with Crippen molar-refractivity contribution < 1.29 is 31.1 Å². The summed E-state index contributed by atoms with van der Waals surface area (Å²) in [7, 11) is -5.04. The van der Waals surface area contributed by atoms with E-state index in [1.807, 2.05) is 0 Å². The van der Waals surface area contributed by atoms with Crippen molar-refractivity contribution in [3.05, 3.63) is 0 Å². The average molecular weight is 274 g/mol. The highest BCUT2D eigenvalue weighted by Crippen LogP contribution is 2.20. The van der Waals surface area contributed by atoms with E-state index in [1.54, 1.807) is 13.8 Å². The predicted molar refractivity (Wildman–Crippen MR) is 58.5 cm³/mol. The summed E-state index contributed by atoms with van der Waals surface area (Å²) in [6.45, 7) is 3.35. The largest absolute Gasteiger partial charge is 0.437 e. The Hall–Kier alpha value is -0.280. The molecule has 104 valence electrons. The molecule has 0 radical (unpaired) electrons. The van der Waals surface area contributed by atoms with Crippen LogP contribution in [0.3, 0.4) is 0 Å².